The lowest BCUT2D eigenvalue weighted by Crippen LogP contribution is -2.35. The number of halogens is 1. The van der Waals surface area contributed by atoms with Crippen molar-refractivity contribution in [2.75, 3.05) is 31.1 Å². The number of hydrogen-bond donors (Lipinski definition) is 2. The van der Waals surface area contributed by atoms with E-state index in [0.717, 1.165) is 49.7 Å². The van der Waals surface area contributed by atoms with Gasteiger partial charge in [-0.05, 0) is 55.8 Å². The quantitative estimate of drug-likeness (QED) is 0.757. The zero-order valence-corrected chi connectivity index (χ0v) is 13.7. The first kappa shape index (κ1) is 16.6. The van der Waals surface area contributed by atoms with E-state index in [1.54, 1.807) is 0 Å². The number of piperidine rings is 1. The van der Waals surface area contributed by atoms with Crippen LogP contribution in [-0.4, -0.2) is 31.3 Å². The maximum absolute atomic E-state index is 9.12. The molecule has 1 unspecified atom stereocenters. The summed E-state index contributed by atoms with van der Waals surface area (Å²) in [6.07, 6.45) is 4.44. The molecule has 2 rings (SSSR count). The summed E-state index contributed by atoms with van der Waals surface area (Å²) in [5, 5.41) is 13.4. The summed E-state index contributed by atoms with van der Waals surface area (Å²) in [6.45, 7) is 6.44. The molecule has 0 radical (unpaired) electrons. The van der Waals surface area contributed by atoms with E-state index in [4.69, 9.17) is 16.7 Å². The Morgan fingerprint density at radius 3 is 3.00 bits per heavy atom. The van der Waals surface area contributed by atoms with E-state index < -0.39 is 0 Å². The van der Waals surface area contributed by atoms with Crippen molar-refractivity contribution in [3.8, 4) is 0 Å². The topological polar surface area (TPSA) is 35.5 Å². The molecule has 3 nitrogen and oxygen atoms in total. The summed E-state index contributed by atoms with van der Waals surface area (Å²) in [4.78, 5) is 2.37. The fraction of sp³-hybridized carbons (Fsp3) is 0.647. The lowest BCUT2D eigenvalue weighted by atomic mass is 9.94. The minimum atomic E-state index is 0.286. The smallest absolute Gasteiger partial charge is 0.0642 e. The average molecular weight is 311 g/mol. The molecule has 1 aromatic carbocycles. The fourth-order valence-electron chi connectivity index (χ4n) is 3.03. The number of benzene rings is 1. The van der Waals surface area contributed by atoms with E-state index in [9.17, 15) is 0 Å². The summed E-state index contributed by atoms with van der Waals surface area (Å²) >= 11 is 6.48. The highest BCUT2D eigenvalue weighted by atomic mass is 35.5. The number of rotatable bonds is 7. The molecular weight excluding hydrogens is 284 g/mol. The van der Waals surface area contributed by atoms with Crippen molar-refractivity contribution >= 4 is 17.3 Å². The second-order valence-corrected chi connectivity index (χ2v) is 6.34. The Morgan fingerprint density at radius 2 is 2.29 bits per heavy atom. The molecule has 1 fully saturated rings. The van der Waals surface area contributed by atoms with Crippen molar-refractivity contribution in [1.29, 1.82) is 0 Å². The first-order valence-corrected chi connectivity index (χ1v) is 8.47. The van der Waals surface area contributed by atoms with Gasteiger partial charge in [-0.2, -0.15) is 0 Å². The van der Waals surface area contributed by atoms with Crippen LogP contribution in [0.5, 0.6) is 0 Å². The van der Waals surface area contributed by atoms with Crippen molar-refractivity contribution < 1.29 is 5.11 Å². The van der Waals surface area contributed by atoms with Crippen molar-refractivity contribution in [3.63, 3.8) is 0 Å². The van der Waals surface area contributed by atoms with Gasteiger partial charge < -0.3 is 15.3 Å². The second kappa shape index (κ2) is 8.62. The van der Waals surface area contributed by atoms with E-state index in [0.29, 0.717) is 5.92 Å². The molecule has 1 saturated heterocycles. The van der Waals surface area contributed by atoms with Gasteiger partial charge in [-0.25, -0.2) is 0 Å². The normalized spacial score (nSPS) is 19.0. The highest BCUT2D eigenvalue weighted by Crippen LogP contribution is 2.31. The van der Waals surface area contributed by atoms with Gasteiger partial charge in [0.1, 0.15) is 0 Å². The third kappa shape index (κ3) is 4.87. The molecule has 0 aromatic heterocycles. The SMILES string of the molecule is CCCNCc1ccc(N2CCCC(CCO)C2)c(Cl)c1. The van der Waals surface area contributed by atoms with Crippen molar-refractivity contribution in [2.45, 2.75) is 39.2 Å². The highest BCUT2D eigenvalue weighted by Gasteiger charge is 2.21. The summed E-state index contributed by atoms with van der Waals surface area (Å²) < 4.78 is 0. The Kier molecular flexibility index (Phi) is 6.81. The molecule has 0 aliphatic carbocycles. The van der Waals surface area contributed by atoms with E-state index in [1.165, 1.54) is 18.4 Å². The predicted octanol–water partition coefficient (Wildman–Crippen LogP) is 3.44. The van der Waals surface area contributed by atoms with Crippen LogP contribution in [0.3, 0.4) is 0 Å². The molecule has 118 valence electrons. The lowest BCUT2D eigenvalue weighted by molar-refractivity contribution is 0.244. The Balaban J connectivity index is 1.99. The van der Waals surface area contributed by atoms with Crippen molar-refractivity contribution in [1.82, 2.24) is 5.32 Å². The van der Waals surface area contributed by atoms with Gasteiger partial charge in [0.2, 0.25) is 0 Å². The van der Waals surface area contributed by atoms with Crippen LogP contribution in [0, 0.1) is 5.92 Å². The van der Waals surface area contributed by atoms with Gasteiger partial charge in [0.05, 0.1) is 10.7 Å². The molecule has 4 heteroatoms. The fourth-order valence-corrected chi connectivity index (χ4v) is 3.35. The van der Waals surface area contributed by atoms with Crippen LogP contribution in [0.2, 0.25) is 5.02 Å². The Morgan fingerprint density at radius 1 is 1.43 bits per heavy atom. The molecule has 0 saturated carbocycles. The largest absolute Gasteiger partial charge is 0.396 e. The van der Waals surface area contributed by atoms with Gasteiger partial charge in [-0.1, -0.05) is 24.6 Å². The van der Waals surface area contributed by atoms with E-state index in [-0.39, 0.29) is 6.61 Å². The van der Waals surface area contributed by atoms with Gasteiger partial charge >= 0.3 is 0 Å². The first-order chi connectivity index (χ1) is 10.2. The van der Waals surface area contributed by atoms with Gasteiger partial charge in [0.15, 0.2) is 0 Å². The summed E-state index contributed by atoms with van der Waals surface area (Å²) in [5.41, 5.74) is 2.37. The number of aliphatic hydroxyl groups is 1. The average Bonchev–Trinajstić information content (AvgIpc) is 2.48. The van der Waals surface area contributed by atoms with Gasteiger partial charge in [0.25, 0.3) is 0 Å². The Labute approximate surface area is 133 Å². The minimum absolute atomic E-state index is 0.286. The first-order valence-electron chi connectivity index (χ1n) is 8.09. The molecule has 1 aliphatic heterocycles. The van der Waals surface area contributed by atoms with Crippen LogP contribution in [0.15, 0.2) is 18.2 Å². The van der Waals surface area contributed by atoms with Crippen molar-refractivity contribution in [3.05, 3.63) is 28.8 Å². The summed E-state index contributed by atoms with van der Waals surface area (Å²) in [5.74, 6) is 0.589. The number of nitrogens with zero attached hydrogens (tertiary/aromatic N) is 1. The van der Waals surface area contributed by atoms with Crippen LogP contribution < -0.4 is 10.2 Å². The molecular formula is C17H27ClN2O. The van der Waals surface area contributed by atoms with E-state index in [2.05, 4.69) is 35.3 Å². The third-order valence-electron chi connectivity index (χ3n) is 4.17. The summed E-state index contributed by atoms with van der Waals surface area (Å²) in [7, 11) is 0. The molecule has 0 bridgehead atoms. The predicted molar refractivity (Wildman–Crippen MR) is 90.1 cm³/mol. The molecule has 1 atom stereocenters. The highest BCUT2D eigenvalue weighted by molar-refractivity contribution is 6.33. The monoisotopic (exact) mass is 310 g/mol. The second-order valence-electron chi connectivity index (χ2n) is 5.93. The van der Waals surface area contributed by atoms with Gasteiger partial charge in [-0.15, -0.1) is 0 Å². The minimum Gasteiger partial charge on any atom is -0.396 e. The number of hydrogen-bond acceptors (Lipinski definition) is 3. The zero-order valence-electron chi connectivity index (χ0n) is 12.9. The van der Waals surface area contributed by atoms with Crippen LogP contribution in [-0.2, 0) is 6.54 Å². The van der Waals surface area contributed by atoms with Crippen LogP contribution in [0.1, 0.15) is 38.2 Å². The van der Waals surface area contributed by atoms with Crippen molar-refractivity contribution in [2.24, 2.45) is 5.92 Å². The molecule has 1 aromatic rings. The molecule has 0 amide bonds. The van der Waals surface area contributed by atoms with E-state index in [1.807, 2.05) is 0 Å². The summed E-state index contributed by atoms with van der Waals surface area (Å²) in [6, 6.07) is 6.39. The van der Waals surface area contributed by atoms with Crippen LogP contribution in [0.4, 0.5) is 5.69 Å². The maximum atomic E-state index is 9.12. The molecule has 1 aliphatic rings. The molecule has 2 N–H and O–H groups in total. The zero-order chi connectivity index (χ0) is 15.1. The third-order valence-corrected chi connectivity index (χ3v) is 4.47. The number of aliphatic hydroxyl groups excluding tert-OH is 1. The van der Waals surface area contributed by atoms with Crippen LogP contribution >= 0.6 is 11.6 Å². The van der Waals surface area contributed by atoms with Gasteiger partial charge in [0, 0.05) is 26.2 Å². The Hall–Kier alpha value is -0.770. The van der Waals surface area contributed by atoms with E-state index >= 15 is 0 Å². The molecule has 21 heavy (non-hydrogen) atoms. The van der Waals surface area contributed by atoms with Gasteiger partial charge in [-0.3, -0.25) is 0 Å². The number of anilines is 1. The Bertz CT molecular complexity index is 437. The van der Waals surface area contributed by atoms with Crippen LogP contribution in [0.25, 0.3) is 0 Å². The maximum Gasteiger partial charge on any atom is 0.0642 e. The number of nitrogens with one attached hydrogen (secondary N) is 1. The lowest BCUT2D eigenvalue weighted by Gasteiger charge is -2.35. The molecule has 1 heterocycles. The standard InChI is InChI=1S/C17H27ClN2O/c1-2-8-19-12-15-5-6-17(16(18)11-15)20-9-3-4-14(13-20)7-10-21/h5-6,11,14,19,21H,2-4,7-10,12-13H2,1H3. The molecule has 0 spiro atoms.